The molecular formula is C30H22N4O4S2. The van der Waals surface area contributed by atoms with Crippen LogP contribution in [0.4, 0.5) is 16.5 Å². The molecule has 0 aliphatic rings. The number of carbonyl (C=O) groups is 2. The fourth-order valence-electron chi connectivity index (χ4n) is 3.89. The summed E-state index contributed by atoms with van der Waals surface area (Å²) in [4.78, 5) is 42.1. The maximum absolute atomic E-state index is 13.5. The summed E-state index contributed by atoms with van der Waals surface area (Å²) in [5, 5.41) is 18.6. The van der Waals surface area contributed by atoms with Crippen molar-refractivity contribution in [2.75, 3.05) is 10.6 Å². The second-order valence-electron chi connectivity index (χ2n) is 8.59. The van der Waals surface area contributed by atoms with Gasteiger partial charge in [0.25, 0.3) is 11.6 Å². The molecule has 0 saturated carbocycles. The number of carbonyl (C=O) groups excluding carboxylic acids is 2. The molecule has 0 saturated heterocycles. The van der Waals surface area contributed by atoms with Crippen LogP contribution in [-0.4, -0.2) is 21.7 Å². The minimum absolute atomic E-state index is 0.162. The van der Waals surface area contributed by atoms with Crippen LogP contribution >= 0.6 is 23.1 Å². The van der Waals surface area contributed by atoms with Crippen LogP contribution in [0.15, 0.2) is 119 Å². The molecule has 2 N–H and O–H groups in total. The standard InChI is InChI=1S/C30H22N4O4S2/c35-28(22-13-7-15-24(17-22)34(37)38)31-23-14-8-16-25(18-23)40-27(21-11-5-2-6-12-21)29(36)33-30-32-26(19-39-30)20-9-3-1-4-10-20/h1-19,27H,(H,31,35)(H,32,33,36). The molecule has 0 aliphatic carbocycles. The molecule has 198 valence electrons. The number of thioether (sulfide) groups is 1. The topological polar surface area (TPSA) is 114 Å². The third-order valence-corrected chi connectivity index (χ3v) is 7.82. The van der Waals surface area contributed by atoms with Gasteiger partial charge in [0.15, 0.2) is 5.13 Å². The Morgan fingerprint density at radius 2 is 1.57 bits per heavy atom. The second-order valence-corrected chi connectivity index (χ2v) is 10.6. The lowest BCUT2D eigenvalue weighted by atomic mass is 10.1. The molecule has 0 fully saturated rings. The van der Waals surface area contributed by atoms with Gasteiger partial charge in [-0.2, -0.15) is 0 Å². The molecule has 2 amide bonds. The molecule has 10 heteroatoms. The number of amides is 2. The molecule has 5 rings (SSSR count). The first kappa shape index (κ1) is 26.8. The number of nitro groups is 1. The van der Waals surface area contributed by atoms with Crippen molar-refractivity contribution in [2.45, 2.75) is 10.1 Å². The lowest BCUT2D eigenvalue weighted by molar-refractivity contribution is -0.384. The Bertz CT molecular complexity index is 1660. The molecule has 4 aromatic carbocycles. The van der Waals surface area contributed by atoms with Crippen LogP contribution in [0.2, 0.25) is 0 Å². The Balaban J connectivity index is 1.33. The van der Waals surface area contributed by atoms with Gasteiger partial charge in [0.2, 0.25) is 5.91 Å². The lowest BCUT2D eigenvalue weighted by Gasteiger charge is -2.17. The largest absolute Gasteiger partial charge is 0.322 e. The predicted molar refractivity (Wildman–Crippen MR) is 159 cm³/mol. The first-order chi connectivity index (χ1) is 19.5. The summed E-state index contributed by atoms with van der Waals surface area (Å²) in [7, 11) is 0. The van der Waals surface area contributed by atoms with Gasteiger partial charge in [-0.15, -0.1) is 23.1 Å². The zero-order chi connectivity index (χ0) is 27.9. The van der Waals surface area contributed by atoms with E-state index in [1.54, 1.807) is 18.2 Å². The SMILES string of the molecule is O=C(Nc1cccc(SC(C(=O)Nc2nc(-c3ccccc3)cs2)c2ccccc2)c1)c1cccc([N+](=O)[O-])c1. The number of anilines is 2. The molecule has 0 spiro atoms. The van der Waals surface area contributed by atoms with Gasteiger partial charge in [-0.1, -0.05) is 72.8 Å². The first-order valence-electron chi connectivity index (χ1n) is 12.2. The number of benzene rings is 4. The van der Waals surface area contributed by atoms with E-state index >= 15 is 0 Å². The summed E-state index contributed by atoms with van der Waals surface area (Å²) in [5.41, 5.74) is 3.09. The van der Waals surface area contributed by atoms with Crippen LogP contribution in [0.25, 0.3) is 11.3 Å². The van der Waals surface area contributed by atoms with Gasteiger partial charge in [-0.05, 0) is 29.8 Å². The minimum Gasteiger partial charge on any atom is -0.322 e. The Labute approximate surface area is 238 Å². The van der Waals surface area contributed by atoms with E-state index < -0.39 is 16.1 Å². The van der Waals surface area contributed by atoms with Gasteiger partial charge in [0.1, 0.15) is 5.25 Å². The molecule has 0 radical (unpaired) electrons. The van der Waals surface area contributed by atoms with Crippen molar-refractivity contribution in [3.8, 4) is 11.3 Å². The van der Waals surface area contributed by atoms with Crippen LogP contribution in [0.3, 0.4) is 0 Å². The van der Waals surface area contributed by atoms with Crippen molar-refractivity contribution >= 4 is 51.4 Å². The highest BCUT2D eigenvalue weighted by Crippen LogP contribution is 2.38. The molecule has 0 bridgehead atoms. The van der Waals surface area contributed by atoms with Gasteiger partial charge in [0.05, 0.1) is 10.6 Å². The van der Waals surface area contributed by atoms with Gasteiger partial charge in [-0.3, -0.25) is 19.7 Å². The number of nitro benzene ring substituents is 1. The van der Waals surface area contributed by atoms with Crippen LogP contribution in [0.1, 0.15) is 21.2 Å². The normalized spacial score (nSPS) is 11.4. The van der Waals surface area contributed by atoms with Crippen molar-refractivity contribution in [2.24, 2.45) is 0 Å². The van der Waals surface area contributed by atoms with Crippen molar-refractivity contribution in [3.63, 3.8) is 0 Å². The number of nitrogens with one attached hydrogen (secondary N) is 2. The van der Waals surface area contributed by atoms with E-state index in [2.05, 4.69) is 15.6 Å². The Morgan fingerprint density at radius 1 is 0.850 bits per heavy atom. The number of nitrogens with zero attached hydrogens (tertiary/aromatic N) is 2. The molecule has 5 aromatic rings. The number of hydrogen-bond acceptors (Lipinski definition) is 7. The average Bonchev–Trinajstić information content (AvgIpc) is 3.45. The van der Waals surface area contributed by atoms with E-state index in [0.29, 0.717) is 10.8 Å². The maximum atomic E-state index is 13.5. The number of non-ortho nitro benzene ring substituents is 1. The summed E-state index contributed by atoms with van der Waals surface area (Å²) in [6, 6.07) is 31.8. The molecule has 40 heavy (non-hydrogen) atoms. The number of thiazole rings is 1. The second kappa shape index (κ2) is 12.4. The molecule has 0 aliphatic heterocycles. The summed E-state index contributed by atoms with van der Waals surface area (Å²) < 4.78 is 0. The van der Waals surface area contributed by atoms with Crippen LogP contribution in [0, 0.1) is 10.1 Å². The zero-order valence-electron chi connectivity index (χ0n) is 20.9. The van der Waals surface area contributed by atoms with E-state index in [9.17, 15) is 19.7 Å². The number of hydrogen-bond donors (Lipinski definition) is 2. The third kappa shape index (κ3) is 6.60. The van der Waals surface area contributed by atoms with E-state index in [-0.39, 0.29) is 17.2 Å². The zero-order valence-corrected chi connectivity index (χ0v) is 22.5. The Hall–Kier alpha value is -4.80. The Kier molecular flexibility index (Phi) is 8.29. The molecule has 1 atom stereocenters. The molecule has 8 nitrogen and oxygen atoms in total. The van der Waals surface area contributed by atoms with E-state index in [1.807, 2.05) is 72.1 Å². The van der Waals surface area contributed by atoms with Gasteiger partial charge >= 0.3 is 0 Å². The summed E-state index contributed by atoms with van der Waals surface area (Å²) in [5.74, 6) is -0.697. The van der Waals surface area contributed by atoms with Gasteiger partial charge < -0.3 is 10.6 Å². The monoisotopic (exact) mass is 566 g/mol. The highest BCUT2D eigenvalue weighted by atomic mass is 32.2. The quantitative estimate of drug-likeness (QED) is 0.109. The molecule has 1 unspecified atom stereocenters. The summed E-state index contributed by atoms with van der Waals surface area (Å²) in [6.07, 6.45) is 0. The maximum Gasteiger partial charge on any atom is 0.270 e. The average molecular weight is 567 g/mol. The third-order valence-electron chi connectivity index (χ3n) is 5.81. The number of rotatable bonds is 9. The van der Waals surface area contributed by atoms with Crippen molar-refractivity contribution < 1.29 is 14.5 Å². The highest BCUT2D eigenvalue weighted by molar-refractivity contribution is 8.00. The lowest BCUT2D eigenvalue weighted by Crippen LogP contribution is -2.19. The van der Waals surface area contributed by atoms with E-state index in [1.165, 1.54) is 47.4 Å². The minimum atomic E-state index is -0.590. The van der Waals surface area contributed by atoms with Crippen LogP contribution in [0.5, 0.6) is 0 Å². The van der Waals surface area contributed by atoms with Crippen LogP contribution < -0.4 is 10.6 Å². The number of aromatic nitrogens is 1. The summed E-state index contributed by atoms with van der Waals surface area (Å²) in [6.45, 7) is 0. The fourth-order valence-corrected chi connectivity index (χ4v) is 5.70. The molecular weight excluding hydrogens is 544 g/mol. The van der Waals surface area contributed by atoms with Crippen molar-refractivity contribution in [3.05, 3.63) is 136 Å². The van der Waals surface area contributed by atoms with E-state index in [4.69, 9.17) is 0 Å². The fraction of sp³-hybridized carbons (Fsp3) is 0.0333. The molecule has 1 aromatic heterocycles. The smallest absolute Gasteiger partial charge is 0.270 e. The Morgan fingerprint density at radius 3 is 2.33 bits per heavy atom. The first-order valence-corrected chi connectivity index (χ1v) is 13.9. The van der Waals surface area contributed by atoms with Crippen molar-refractivity contribution in [1.29, 1.82) is 0 Å². The predicted octanol–water partition coefficient (Wildman–Crippen LogP) is 7.44. The summed E-state index contributed by atoms with van der Waals surface area (Å²) >= 11 is 2.70. The van der Waals surface area contributed by atoms with E-state index in [0.717, 1.165) is 21.7 Å². The molecule has 1 heterocycles. The van der Waals surface area contributed by atoms with Gasteiger partial charge in [0, 0.05) is 39.2 Å². The van der Waals surface area contributed by atoms with Gasteiger partial charge in [-0.25, -0.2) is 4.98 Å². The highest BCUT2D eigenvalue weighted by Gasteiger charge is 2.23. The van der Waals surface area contributed by atoms with Crippen molar-refractivity contribution in [1.82, 2.24) is 4.98 Å². The van der Waals surface area contributed by atoms with Crippen LogP contribution in [-0.2, 0) is 4.79 Å².